The van der Waals surface area contributed by atoms with E-state index in [1.807, 2.05) is 13.1 Å². The topological polar surface area (TPSA) is 62.3 Å². The van der Waals surface area contributed by atoms with Gasteiger partial charge in [0.1, 0.15) is 0 Å². The van der Waals surface area contributed by atoms with Crippen LogP contribution in [-0.2, 0) is 16.4 Å². The van der Waals surface area contributed by atoms with Gasteiger partial charge in [-0.2, -0.15) is 0 Å². The standard InChI is InChI=1S/C11H19N3O2S2/c1-2-12-11-13-8-10(17-11)9-14-4-3-6-18(15,16)7-5-14/h8H,2-7,9H2,1H3,(H,12,13). The molecular formula is C11H19N3O2S2. The lowest BCUT2D eigenvalue weighted by atomic mass is 10.4. The van der Waals surface area contributed by atoms with E-state index < -0.39 is 9.84 Å². The molecular weight excluding hydrogens is 270 g/mol. The Morgan fingerprint density at radius 2 is 2.28 bits per heavy atom. The minimum atomic E-state index is -2.81. The molecule has 1 N–H and O–H groups in total. The number of rotatable bonds is 4. The van der Waals surface area contributed by atoms with Gasteiger partial charge in [0.25, 0.3) is 0 Å². The molecule has 0 aromatic carbocycles. The molecule has 1 aromatic rings. The van der Waals surface area contributed by atoms with E-state index in [0.29, 0.717) is 12.3 Å². The number of anilines is 1. The second-order valence-corrected chi connectivity index (χ2v) is 7.86. The largest absolute Gasteiger partial charge is 0.362 e. The van der Waals surface area contributed by atoms with Gasteiger partial charge in [-0.3, -0.25) is 4.90 Å². The van der Waals surface area contributed by atoms with Crippen molar-refractivity contribution in [2.24, 2.45) is 0 Å². The van der Waals surface area contributed by atoms with Crippen LogP contribution in [0.25, 0.3) is 0 Å². The maximum atomic E-state index is 11.5. The van der Waals surface area contributed by atoms with E-state index in [0.717, 1.165) is 31.2 Å². The second-order valence-electron chi connectivity index (χ2n) is 4.44. The smallest absolute Gasteiger partial charge is 0.182 e. The van der Waals surface area contributed by atoms with E-state index in [1.54, 1.807) is 11.3 Å². The van der Waals surface area contributed by atoms with Crippen molar-refractivity contribution >= 4 is 26.3 Å². The third-order valence-corrected chi connectivity index (χ3v) is 5.56. The number of hydrogen-bond donors (Lipinski definition) is 1. The van der Waals surface area contributed by atoms with Gasteiger partial charge < -0.3 is 5.32 Å². The second kappa shape index (κ2) is 5.99. The van der Waals surface area contributed by atoms with Crippen LogP contribution in [0.2, 0.25) is 0 Å². The van der Waals surface area contributed by atoms with Crippen molar-refractivity contribution in [1.29, 1.82) is 0 Å². The highest BCUT2D eigenvalue weighted by Gasteiger charge is 2.19. The molecule has 0 aliphatic carbocycles. The van der Waals surface area contributed by atoms with Crippen molar-refractivity contribution in [2.45, 2.75) is 19.9 Å². The Morgan fingerprint density at radius 3 is 3.06 bits per heavy atom. The minimum absolute atomic E-state index is 0.284. The fraction of sp³-hybridized carbons (Fsp3) is 0.727. The predicted octanol–water partition coefficient (Wildman–Crippen LogP) is 1.20. The third kappa shape index (κ3) is 3.93. The van der Waals surface area contributed by atoms with Crippen molar-refractivity contribution in [1.82, 2.24) is 9.88 Å². The zero-order valence-corrected chi connectivity index (χ0v) is 12.2. The molecule has 1 saturated heterocycles. The highest BCUT2D eigenvalue weighted by Crippen LogP contribution is 2.20. The number of hydrogen-bond acceptors (Lipinski definition) is 6. The summed E-state index contributed by atoms with van der Waals surface area (Å²) in [6.45, 7) is 5.21. The van der Waals surface area contributed by atoms with Gasteiger partial charge in [-0.25, -0.2) is 13.4 Å². The molecule has 2 rings (SSSR count). The van der Waals surface area contributed by atoms with Crippen LogP contribution in [0.5, 0.6) is 0 Å². The Morgan fingerprint density at radius 1 is 1.44 bits per heavy atom. The monoisotopic (exact) mass is 289 g/mol. The van der Waals surface area contributed by atoms with Crippen LogP contribution in [0.4, 0.5) is 5.13 Å². The summed E-state index contributed by atoms with van der Waals surface area (Å²) in [7, 11) is -2.81. The predicted molar refractivity (Wildman–Crippen MR) is 74.8 cm³/mol. The molecule has 0 amide bonds. The van der Waals surface area contributed by atoms with Gasteiger partial charge in [-0.1, -0.05) is 0 Å². The summed E-state index contributed by atoms with van der Waals surface area (Å²) in [6.07, 6.45) is 2.61. The van der Waals surface area contributed by atoms with Gasteiger partial charge in [0.15, 0.2) is 15.0 Å². The first-order chi connectivity index (χ1) is 8.59. The van der Waals surface area contributed by atoms with Gasteiger partial charge in [-0.15, -0.1) is 11.3 Å². The first-order valence-electron chi connectivity index (χ1n) is 6.20. The average Bonchev–Trinajstić information content (AvgIpc) is 2.66. The Hall–Kier alpha value is -0.660. The summed E-state index contributed by atoms with van der Waals surface area (Å²) in [4.78, 5) is 7.67. The molecule has 102 valence electrons. The van der Waals surface area contributed by atoms with Gasteiger partial charge in [0.05, 0.1) is 11.5 Å². The van der Waals surface area contributed by atoms with Crippen LogP contribution in [0.3, 0.4) is 0 Å². The molecule has 0 unspecified atom stereocenters. The van der Waals surface area contributed by atoms with E-state index in [2.05, 4.69) is 15.2 Å². The third-order valence-electron chi connectivity index (χ3n) is 2.91. The Kier molecular flexibility index (Phi) is 4.58. The van der Waals surface area contributed by atoms with Crippen LogP contribution in [-0.4, -0.2) is 49.4 Å². The molecule has 1 fully saturated rings. The zero-order chi connectivity index (χ0) is 13.0. The molecule has 0 radical (unpaired) electrons. The van der Waals surface area contributed by atoms with Gasteiger partial charge in [0.2, 0.25) is 0 Å². The summed E-state index contributed by atoms with van der Waals surface area (Å²) < 4.78 is 23.0. The summed E-state index contributed by atoms with van der Waals surface area (Å²) in [6, 6.07) is 0. The minimum Gasteiger partial charge on any atom is -0.362 e. The fourth-order valence-electron chi connectivity index (χ4n) is 1.98. The molecule has 1 aliphatic rings. The quantitative estimate of drug-likeness (QED) is 0.902. The number of thiazole rings is 1. The molecule has 18 heavy (non-hydrogen) atoms. The molecule has 0 bridgehead atoms. The lowest BCUT2D eigenvalue weighted by molar-refractivity contribution is 0.289. The molecule has 2 heterocycles. The Labute approximate surface area is 112 Å². The summed E-state index contributed by atoms with van der Waals surface area (Å²) >= 11 is 1.64. The lowest BCUT2D eigenvalue weighted by Crippen LogP contribution is -2.26. The SMILES string of the molecule is CCNc1ncc(CN2CCCS(=O)(=O)CC2)s1. The molecule has 0 saturated carbocycles. The van der Waals surface area contributed by atoms with E-state index in [-0.39, 0.29) is 5.75 Å². The van der Waals surface area contributed by atoms with Crippen LogP contribution in [0.1, 0.15) is 18.2 Å². The molecule has 0 spiro atoms. The van der Waals surface area contributed by atoms with Gasteiger partial charge in [-0.05, 0) is 19.9 Å². The van der Waals surface area contributed by atoms with Crippen molar-refractivity contribution in [3.63, 3.8) is 0 Å². The number of nitrogens with one attached hydrogen (secondary N) is 1. The number of aromatic nitrogens is 1. The molecule has 1 aromatic heterocycles. The molecule has 7 heteroatoms. The van der Waals surface area contributed by atoms with Crippen LogP contribution >= 0.6 is 11.3 Å². The van der Waals surface area contributed by atoms with Crippen LogP contribution in [0.15, 0.2) is 6.20 Å². The van der Waals surface area contributed by atoms with Crippen molar-refractivity contribution in [3.05, 3.63) is 11.1 Å². The van der Waals surface area contributed by atoms with Crippen LogP contribution < -0.4 is 5.32 Å². The van der Waals surface area contributed by atoms with E-state index in [1.165, 1.54) is 4.88 Å². The number of sulfone groups is 1. The van der Waals surface area contributed by atoms with Gasteiger partial charge >= 0.3 is 0 Å². The molecule has 0 atom stereocenters. The van der Waals surface area contributed by atoms with Crippen molar-refractivity contribution < 1.29 is 8.42 Å². The molecule has 1 aliphatic heterocycles. The molecule has 5 nitrogen and oxygen atoms in total. The fourth-order valence-corrected chi connectivity index (χ4v) is 4.21. The Balaban J connectivity index is 1.92. The van der Waals surface area contributed by atoms with Crippen molar-refractivity contribution in [2.75, 3.05) is 36.5 Å². The highest BCUT2D eigenvalue weighted by atomic mass is 32.2. The summed E-state index contributed by atoms with van der Waals surface area (Å²) in [5.74, 6) is 0.612. The lowest BCUT2D eigenvalue weighted by Gasteiger charge is -2.17. The van der Waals surface area contributed by atoms with Gasteiger partial charge in [0, 0.05) is 30.7 Å². The van der Waals surface area contributed by atoms with Crippen LogP contribution in [0, 0.1) is 0 Å². The average molecular weight is 289 g/mol. The van der Waals surface area contributed by atoms with E-state index in [9.17, 15) is 8.42 Å². The summed E-state index contributed by atoms with van der Waals surface area (Å²) in [5, 5.41) is 4.12. The summed E-state index contributed by atoms with van der Waals surface area (Å²) in [5.41, 5.74) is 0. The van der Waals surface area contributed by atoms with E-state index in [4.69, 9.17) is 0 Å². The van der Waals surface area contributed by atoms with E-state index >= 15 is 0 Å². The first-order valence-corrected chi connectivity index (χ1v) is 8.84. The highest BCUT2D eigenvalue weighted by molar-refractivity contribution is 7.91. The maximum absolute atomic E-state index is 11.5. The zero-order valence-electron chi connectivity index (χ0n) is 10.6. The van der Waals surface area contributed by atoms with Crippen molar-refractivity contribution in [3.8, 4) is 0 Å². The Bertz CT molecular complexity index is 484. The maximum Gasteiger partial charge on any atom is 0.182 e. The number of nitrogens with zero attached hydrogens (tertiary/aromatic N) is 2. The normalized spacial score (nSPS) is 20.5. The first kappa shape index (κ1) is 13.8.